The van der Waals surface area contributed by atoms with E-state index in [1.165, 1.54) is 0 Å². The Labute approximate surface area is 158 Å². The number of urea groups is 1. The van der Waals surface area contributed by atoms with Gasteiger partial charge in [0.25, 0.3) is 0 Å². The monoisotopic (exact) mass is 369 g/mol. The van der Waals surface area contributed by atoms with Gasteiger partial charge in [-0.2, -0.15) is 0 Å². The number of nitrogens with one attached hydrogen (secondary N) is 1. The number of nitrogens with zero attached hydrogens (tertiary/aromatic N) is 2. The molecule has 0 radical (unpaired) electrons. The number of hydrogen-bond donors (Lipinski definition) is 2. The lowest BCUT2D eigenvalue weighted by atomic mass is 9.98. The van der Waals surface area contributed by atoms with E-state index >= 15 is 0 Å². The highest BCUT2D eigenvalue weighted by molar-refractivity contribution is 5.77. The van der Waals surface area contributed by atoms with Gasteiger partial charge in [-0.15, -0.1) is 0 Å². The standard InChI is InChI=1S/C20H23N3O4/c1-14(22-20(26)23-11-3-4-16(13-23)19(24)25)15-6-8-17(9-7-15)27-18-5-2-10-21-12-18/h2,5-10,12,14,16H,3-4,11,13H2,1H3,(H,22,26)(H,24,25). The summed E-state index contributed by atoms with van der Waals surface area (Å²) in [5.41, 5.74) is 0.939. The van der Waals surface area contributed by atoms with Crippen molar-refractivity contribution in [3.05, 3.63) is 54.4 Å². The zero-order valence-corrected chi connectivity index (χ0v) is 15.2. The number of carboxylic acid groups (broad SMARTS) is 1. The number of carbonyl (C=O) groups is 2. The molecular weight excluding hydrogens is 346 g/mol. The van der Waals surface area contributed by atoms with Gasteiger partial charge in [-0.3, -0.25) is 9.78 Å². The predicted molar refractivity (Wildman–Crippen MR) is 99.6 cm³/mol. The van der Waals surface area contributed by atoms with Crippen molar-refractivity contribution in [3.63, 3.8) is 0 Å². The molecule has 27 heavy (non-hydrogen) atoms. The smallest absolute Gasteiger partial charge is 0.317 e. The number of carbonyl (C=O) groups excluding carboxylic acids is 1. The fourth-order valence-corrected chi connectivity index (χ4v) is 3.09. The summed E-state index contributed by atoms with van der Waals surface area (Å²) in [4.78, 5) is 29.2. The molecular formula is C20H23N3O4. The number of rotatable bonds is 5. The average molecular weight is 369 g/mol. The van der Waals surface area contributed by atoms with Gasteiger partial charge in [-0.1, -0.05) is 12.1 Å². The molecule has 3 rings (SSSR count). The summed E-state index contributed by atoms with van der Waals surface area (Å²) < 4.78 is 5.71. The van der Waals surface area contributed by atoms with Crippen molar-refractivity contribution >= 4 is 12.0 Å². The van der Waals surface area contributed by atoms with Gasteiger partial charge in [0.15, 0.2) is 0 Å². The quantitative estimate of drug-likeness (QED) is 0.842. The van der Waals surface area contributed by atoms with Crippen LogP contribution in [0.3, 0.4) is 0 Å². The molecule has 7 nitrogen and oxygen atoms in total. The maximum absolute atomic E-state index is 12.4. The van der Waals surface area contributed by atoms with Crippen LogP contribution in [-0.2, 0) is 4.79 Å². The average Bonchev–Trinajstić information content (AvgIpc) is 2.69. The second kappa shape index (κ2) is 8.53. The minimum absolute atomic E-state index is 0.199. The minimum atomic E-state index is -0.843. The van der Waals surface area contributed by atoms with Crippen LogP contribution in [0.25, 0.3) is 0 Å². The van der Waals surface area contributed by atoms with Crippen LogP contribution >= 0.6 is 0 Å². The Morgan fingerprint density at radius 1 is 1.26 bits per heavy atom. The molecule has 7 heteroatoms. The van der Waals surface area contributed by atoms with Crippen molar-refractivity contribution in [3.8, 4) is 11.5 Å². The number of pyridine rings is 1. The van der Waals surface area contributed by atoms with Crippen LogP contribution in [0, 0.1) is 5.92 Å². The Hall–Kier alpha value is -3.09. The van der Waals surface area contributed by atoms with E-state index in [2.05, 4.69) is 10.3 Å². The van der Waals surface area contributed by atoms with E-state index in [9.17, 15) is 9.59 Å². The molecule has 2 aromatic rings. The number of ether oxygens (including phenoxy) is 1. The topological polar surface area (TPSA) is 91.8 Å². The van der Waals surface area contributed by atoms with E-state index in [-0.39, 0.29) is 18.6 Å². The van der Waals surface area contributed by atoms with E-state index in [1.807, 2.05) is 37.3 Å². The second-order valence-electron chi connectivity index (χ2n) is 6.65. The maximum Gasteiger partial charge on any atom is 0.317 e. The van der Waals surface area contributed by atoms with Crippen molar-refractivity contribution in [2.45, 2.75) is 25.8 Å². The van der Waals surface area contributed by atoms with E-state index in [4.69, 9.17) is 9.84 Å². The van der Waals surface area contributed by atoms with Crippen molar-refractivity contribution < 1.29 is 19.4 Å². The summed E-state index contributed by atoms with van der Waals surface area (Å²) in [6.07, 6.45) is 4.65. The number of amides is 2. The number of benzene rings is 1. The molecule has 2 atom stereocenters. The Morgan fingerprint density at radius 2 is 2.04 bits per heavy atom. The molecule has 1 saturated heterocycles. The van der Waals surface area contributed by atoms with Crippen LogP contribution in [0.1, 0.15) is 31.4 Å². The molecule has 2 N–H and O–H groups in total. The predicted octanol–water partition coefficient (Wildman–Crippen LogP) is 3.44. The highest BCUT2D eigenvalue weighted by atomic mass is 16.5. The molecule has 0 bridgehead atoms. The Balaban J connectivity index is 1.56. The number of piperidine rings is 1. The molecule has 0 spiro atoms. The van der Waals surface area contributed by atoms with Gasteiger partial charge in [0.2, 0.25) is 0 Å². The fraction of sp³-hybridized carbons (Fsp3) is 0.350. The van der Waals surface area contributed by atoms with Gasteiger partial charge in [-0.05, 0) is 49.6 Å². The molecule has 1 aromatic carbocycles. The van der Waals surface area contributed by atoms with Gasteiger partial charge >= 0.3 is 12.0 Å². The molecule has 1 aliphatic rings. The number of likely N-dealkylation sites (tertiary alicyclic amines) is 1. The Morgan fingerprint density at radius 3 is 2.70 bits per heavy atom. The molecule has 0 aliphatic carbocycles. The van der Waals surface area contributed by atoms with Gasteiger partial charge in [0, 0.05) is 19.3 Å². The zero-order valence-electron chi connectivity index (χ0n) is 15.2. The summed E-state index contributed by atoms with van der Waals surface area (Å²) in [5, 5.41) is 12.1. The first-order valence-electron chi connectivity index (χ1n) is 8.99. The van der Waals surface area contributed by atoms with Crippen LogP contribution in [0.4, 0.5) is 4.79 Å². The highest BCUT2D eigenvalue weighted by Crippen LogP contribution is 2.23. The zero-order chi connectivity index (χ0) is 19.2. The van der Waals surface area contributed by atoms with Gasteiger partial charge in [-0.25, -0.2) is 4.79 Å². The first-order chi connectivity index (χ1) is 13.0. The third-order valence-corrected chi connectivity index (χ3v) is 4.65. The maximum atomic E-state index is 12.4. The summed E-state index contributed by atoms with van der Waals surface area (Å²) in [6, 6.07) is 10.7. The fourth-order valence-electron chi connectivity index (χ4n) is 3.09. The number of aliphatic carboxylic acids is 1. The highest BCUT2D eigenvalue weighted by Gasteiger charge is 2.28. The van der Waals surface area contributed by atoms with E-state index in [0.29, 0.717) is 30.9 Å². The largest absolute Gasteiger partial charge is 0.481 e. The van der Waals surface area contributed by atoms with E-state index < -0.39 is 11.9 Å². The van der Waals surface area contributed by atoms with Crippen LogP contribution in [0.15, 0.2) is 48.8 Å². The molecule has 142 valence electrons. The van der Waals surface area contributed by atoms with Crippen LogP contribution in [0.5, 0.6) is 11.5 Å². The molecule has 2 amide bonds. The lowest BCUT2D eigenvalue weighted by molar-refractivity contribution is -0.143. The summed E-state index contributed by atoms with van der Waals surface area (Å²) in [5.74, 6) is 0.0174. The van der Waals surface area contributed by atoms with Crippen molar-refractivity contribution in [2.24, 2.45) is 5.92 Å². The number of aromatic nitrogens is 1. The summed E-state index contributed by atoms with van der Waals surface area (Å²) in [7, 11) is 0. The van der Waals surface area contributed by atoms with Gasteiger partial charge < -0.3 is 20.1 Å². The first-order valence-corrected chi connectivity index (χ1v) is 8.99. The molecule has 1 fully saturated rings. The van der Waals surface area contributed by atoms with Crippen LogP contribution < -0.4 is 10.1 Å². The molecule has 1 aliphatic heterocycles. The second-order valence-corrected chi connectivity index (χ2v) is 6.65. The van der Waals surface area contributed by atoms with Crippen molar-refractivity contribution in [1.82, 2.24) is 15.2 Å². The van der Waals surface area contributed by atoms with E-state index in [0.717, 1.165) is 5.56 Å². The third-order valence-electron chi connectivity index (χ3n) is 4.65. The summed E-state index contributed by atoms with van der Waals surface area (Å²) >= 11 is 0. The normalized spacial score (nSPS) is 17.8. The van der Waals surface area contributed by atoms with Crippen LogP contribution in [0.2, 0.25) is 0 Å². The van der Waals surface area contributed by atoms with Crippen molar-refractivity contribution in [2.75, 3.05) is 13.1 Å². The SMILES string of the molecule is CC(NC(=O)N1CCCC(C(=O)O)C1)c1ccc(Oc2cccnc2)cc1. The van der Waals surface area contributed by atoms with Crippen molar-refractivity contribution in [1.29, 1.82) is 0 Å². The first kappa shape index (κ1) is 18.7. The molecule has 2 unspecified atom stereocenters. The van der Waals surface area contributed by atoms with Gasteiger partial charge in [0.1, 0.15) is 11.5 Å². The Kier molecular flexibility index (Phi) is 5.90. The van der Waals surface area contributed by atoms with E-state index in [1.54, 1.807) is 23.4 Å². The molecule has 0 saturated carbocycles. The van der Waals surface area contributed by atoms with Gasteiger partial charge in [0.05, 0.1) is 18.2 Å². The number of hydrogen-bond acceptors (Lipinski definition) is 4. The molecule has 2 heterocycles. The Bertz CT molecular complexity index is 780. The number of carboxylic acids is 1. The minimum Gasteiger partial charge on any atom is -0.481 e. The molecule has 1 aromatic heterocycles. The lowest BCUT2D eigenvalue weighted by Gasteiger charge is -2.31. The summed E-state index contributed by atoms with van der Waals surface area (Å²) in [6.45, 7) is 2.74. The third kappa shape index (κ3) is 4.97. The van der Waals surface area contributed by atoms with Crippen LogP contribution in [-0.4, -0.2) is 40.1 Å². The lowest BCUT2D eigenvalue weighted by Crippen LogP contribution is -2.47.